The molecule has 2 atom stereocenters. The molecule has 0 saturated carbocycles. The lowest BCUT2D eigenvalue weighted by atomic mass is 10.1. The average molecular weight is 221 g/mol. The molecule has 1 aromatic carbocycles. The van der Waals surface area contributed by atoms with Gasteiger partial charge in [0, 0.05) is 12.6 Å². The van der Waals surface area contributed by atoms with Gasteiger partial charge in [-0.1, -0.05) is 36.8 Å². The number of carboxylic acids is 1. The Morgan fingerprint density at radius 1 is 1.44 bits per heavy atom. The van der Waals surface area contributed by atoms with E-state index in [1.165, 1.54) is 11.1 Å². The predicted octanol–water partition coefficient (Wildman–Crippen LogP) is 2.37. The lowest BCUT2D eigenvalue weighted by Crippen LogP contribution is -2.28. The molecule has 3 heteroatoms. The van der Waals surface area contributed by atoms with Gasteiger partial charge in [-0.2, -0.15) is 0 Å². The quantitative estimate of drug-likeness (QED) is 0.802. The van der Waals surface area contributed by atoms with Gasteiger partial charge in [0.15, 0.2) is 0 Å². The number of aryl methyl sites for hydroxylation is 1. The van der Waals surface area contributed by atoms with E-state index >= 15 is 0 Å². The molecule has 3 nitrogen and oxygen atoms in total. The van der Waals surface area contributed by atoms with Gasteiger partial charge in [-0.25, -0.2) is 0 Å². The number of aliphatic carboxylic acids is 1. The van der Waals surface area contributed by atoms with Crippen molar-refractivity contribution in [2.24, 2.45) is 5.92 Å². The summed E-state index contributed by atoms with van der Waals surface area (Å²) in [5.74, 6) is -1.11. The minimum atomic E-state index is -0.760. The smallest absolute Gasteiger partial charge is 0.307 e. The Morgan fingerprint density at radius 2 is 2.12 bits per heavy atom. The molecule has 0 heterocycles. The molecule has 0 aliphatic heterocycles. The minimum absolute atomic E-state index is 0.182. The van der Waals surface area contributed by atoms with Gasteiger partial charge in [0.2, 0.25) is 0 Å². The molecule has 0 aliphatic carbocycles. The first-order valence-electron chi connectivity index (χ1n) is 5.53. The molecule has 16 heavy (non-hydrogen) atoms. The topological polar surface area (TPSA) is 49.3 Å². The van der Waals surface area contributed by atoms with Crippen molar-refractivity contribution in [1.29, 1.82) is 0 Å². The third kappa shape index (κ3) is 3.66. The Hall–Kier alpha value is -1.35. The van der Waals surface area contributed by atoms with E-state index in [0.29, 0.717) is 6.54 Å². The summed E-state index contributed by atoms with van der Waals surface area (Å²) < 4.78 is 0. The van der Waals surface area contributed by atoms with Crippen LogP contribution in [0.2, 0.25) is 0 Å². The summed E-state index contributed by atoms with van der Waals surface area (Å²) in [5, 5.41) is 12.0. The number of hydrogen-bond acceptors (Lipinski definition) is 2. The van der Waals surface area contributed by atoms with Gasteiger partial charge in [0.25, 0.3) is 0 Å². The van der Waals surface area contributed by atoms with Crippen molar-refractivity contribution in [3.8, 4) is 0 Å². The maximum absolute atomic E-state index is 10.7. The molecule has 0 aliphatic rings. The van der Waals surface area contributed by atoms with Crippen molar-refractivity contribution in [3.63, 3.8) is 0 Å². The zero-order valence-corrected chi connectivity index (χ0v) is 10.0. The van der Waals surface area contributed by atoms with Crippen LogP contribution in [-0.4, -0.2) is 17.6 Å². The van der Waals surface area contributed by atoms with E-state index in [9.17, 15) is 4.79 Å². The Morgan fingerprint density at radius 3 is 2.69 bits per heavy atom. The zero-order valence-electron chi connectivity index (χ0n) is 10.0. The molecule has 1 aromatic rings. The van der Waals surface area contributed by atoms with E-state index in [-0.39, 0.29) is 12.0 Å². The van der Waals surface area contributed by atoms with Crippen molar-refractivity contribution >= 4 is 5.97 Å². The van der Waals surface area contributed by atoms with Gasteiger partial charge in [0.1, 0.15) is 0 Å². The van der Waals surface area contributed by atoms with E-state index in [1.54, 1.807) is 6.92 Å². The standard InChI is InChI=1S/C13H19NO2/c1-9-5-4-6-12(7-9)11(3)14-8-10(2)13(15)16/h4-7,10-11,14H,8H2,1-3H3,(H,15,16)/t10?,11-/m1/s1. The fraction of sp³-hybridized carbons (Fsp3) is 0.462. The second-order valence-electron chi connectivity index (χ2n) is 4.28. The number of rotatable bonds is 5. The molecule has 0 aromatic heterocycles. The highest BCUT2D eigenvalue weighted by Gasteiger charge is 2.12. The molecule has 0 amide bonds. The highest BCUT2D eigenvalue weighted by Crippen LogP contribution is 2.13. The fourth-order valence-electron chi connectivity index (χ4n) is 1.50. The summed E-state index contributed by atoms with van der Waals surface area (Å²) in [4.78, 5) is 10.7. The maximum Gasteiger partial charge on any atom is 0.307 e. The van der Waals surface area contributed by atoms with Gasteiger partial charge in [-0.15, -0.1) is 0 Å². The third-order valence-electron chi connectivity index (χ3n) is 2.69. The van der Waals surface area contributed by atoms with Crippen LogP contribution in [0.1, 0.15) is 31.0 Å². The summed E-state index contributed by atoms with van der Waals surface area (Å²) in [6.07, 6.45) is 0. The van der Waals surface area contributed by atoms with E-state index in [0.717, 1.165) is 0 Å². The molecule has 0 fully saturated rings. The molecule has 0 saturated heterocycles. The van der Waals surface area contributed by atoms with Crippen LogP contribution in [0.3, 0.4) is 0 Å². The van der Waals surface area contributed by atoms with Crippen LogP contribution in [0.4, 0.5) is 0 Å². The fourth-order valence-corrected chi connectivity index (χ4v) is 1.50. The highest BCUT2D eigenvalue weighted by molar-refractivity contribution is 5.69. The van der Waals surface area contributed by atoms with E-state index < -0.39 is 5.97 Å². The summed E-state index contributed by atoms with van der Waals surface area (Å²) >= 11 is 0. The summed E-state index contributed by atoms with van der Waals surface area (Å²) in [6, 6.07) is 8.42. The first-order valence-corrected chi connectivity index (χ1v) is 5.53. The second kappa shape index (κ2) is 5.66. The molecule has 0 bridgehead atoms. The van der Waals surface area contributed by atoms with E-state index in [2.05, 4.69) is 30.4 Å². The molecule has 1 unspecified atom stereocenters. The van der Waals surface area contributed by atoms with Crippen molar-refractivity contribution in [3.05, 3.63) is 35.4 Å². The largest absolute Gasteiger partial charge is 0.481 e. The number of carboxylic acid groups (broad SMARTS) is 1. The van der Waals surface area contributed by atoms with Gasteiger partial charge >= 0.3 is 5.97 Å². The van der Waals surface area contributed by atoms with Crippen LogP contribution in [0.5, 0.6) is 0 Å². The summed E-state index contributed by atoms with van der Waals surface area (Å²) in [6.45, 7) is 6.29. The predicted molar refractivity (Wildman–Crippen MR) is 64.4 cm³/mol. The van der Waals surface area contributed by atoms with Crippen molar-refractivity contribution < 1.29 is 9.90 Å². The molecular weight excluding hydrogens is 202 g/mol. The Bertz CT molecular complexity index is 363. The van der Waals surface area contributed by atoms with Crippen LogP contribution < -0.4 is 5.32 Å². The van der Waals surface area contributed by atoms with Gasteiger partial charge < -0.3 is 10.4 Å². The average Bonchev–Trinajstić information content (AvgIpc) is 2.25. The van der Waals surface area contributed by atoms with Crippen LogP contribution in [0, 0.1) is 12.8 Å². The van der Waals surface area contributed by atoms with Crippen LogP contribution in [0.15, 0.2) is 24.3 Å². The highest BCUT2D eigenvalue weighted by atomic mass is 16.4. The van der Waals surface area contributed by atoms with Gasteiger partial charge in [-0.3, -0.25) is 4.79 Å². The lowest BCUT2D eigenvalue weighted by Gasteiger charge is -2.16. The van der Waals surface area contributed by atoms with Gasteiger partial charge in [-0.05, 0) is 19.4 Å². The Labute approximate surface area is 96.5 Å². The number of nitrogens with one attached hydrogen (secondary N) is 1. The second-order valence-corrected chi connectivity index (χ2v) is 4.28. The summed E-state index contributed by atoms with van der Waals surface area (Å²) in [5.41, 5.74) is 2.41. The Balaban J connectivity index is 2.52. The van der Waals surface area contributed by atoms with Crippen molar-refractivity contribution in [1.82, 2.24) is 5.32 Å². The third-order valence-corrected chi connectivity index (χ3v) is 2.69. The van der Waals surface area contributed by atoms with Gasteiger partial charge in [0.05, 0.1) is 5.92 Å². The van der Waals surface area contributed by atoms with Crippen LogP contribution in [0.25, 0.3) is 0 Å². The first kappa shape index (κ1) is 12.7. The number of hydrogen-bond donors (Lipinski definition) is 2. The van der Waals surface area contributed by atoms with Crippen molar-refractivity contribution in [2.75, 3.05) is 6.54 Å². The SMILES string of the molecule is Cc1cccc([C@@H](C)NCC(C)C(=O)O)c1. The molecular formula is C13H19NO2. The van der Waals surface area contributed by atoms with E-state index in [4.69, 9.17) is 5.11 Å². The maximum atomic E-state index is 10.7. The molecule has 1 rings (SSSR count). The number of benzene rings is 1. The number of carbonyl (C=O) groups is 1. The molecule has 88 valence electrons. The lowest BCUT2D eigenvalue weighted by molar-refractivity contribution is -0.140. The monoisotopic (exact) mass is 221 g/mol. The molecule has 2 N–H and O–H groups in total. The summed E-state index contributed by atoms with van der Waals surface area (Å²) in [7, 11) is 0. The minimum Gasteiger partial charge on any atom is -0.481 e. The zero-order chi connectivity index (χ0) is 12.1. The van der Waals surface area contributed by atoms with Crippen LogP contribution >= 0.6 is 0 Å². The van der Waals surface area contributed by atoms with Crippen molar-refractivity contribution in [2.45, 2.75) is 26.8 Å². The first-order chi connectivity index (χ1) is 7.50. The molecule has 0 radical (unpaired) electrons. The normalized spacial score (nSPS) is 14.4. The van der Waals surface area contributed by atoms with E-state index in [1.807, 2.05) is 13.0 Å². The Kier molecular flexibility index (Phi) is 4.50. The molecule has 0 spiro atoms. The van der Waals surface area contributed by atoms with Crippen LogP contribution in [-0.2, 0) is 4.79 Å².